The summed E-state index contributed by atoms with van der Waals surface area (Å²) in [5, 5.41) is 0. The van der Waals surface area contributed by atoms with E-state index in [9.17, 15) is 22.6 Å². The molecule has 3 rings (SSSR count). The van der Waals surface area contributed by atoms with Crippen molar-refractivity contribution >= 4 is 21.7 Å². The summed E-state index contributed by atoms with van der Waals surface area (Å²) in [6.45, 7) is 0. The Morgan fingerprint density at radius 1 is 0.864 bits per heavy atom. The second-order valence-corrected chi connectivity index (χ2v) is 6.50. The summed E-state index contributed by atoms with van der Waals surface area (Å²) in [5.74, 6) is -1.57. The molecule has 0 atom stereocenters. The predicted octanol–water partition coefficient (Wildman–Crippen LogP) is 2.17. The molecular weight excluding hydrogens is 304 g/mol. The molecule has 0 amide bonds. The Bertz CT molecular complexity index is 848. The first-order chi connectivity index (χ1) is 10.4. The minimum Gasteiger partial charge on any atom is -0.293 e. The maximum Gasteiger partial charge on any atom is 0.294 e. The molecule has 2 aromatic carbocycles. The van der Waals surface area contributed by atoms with E-state index in [1.807, 2.05) is 0 Å². The topological polar surface area (TPSA) is 88.5 Å². The van der Waals surface area contributed by atoms with Gasteiger partial charge in [0, 0.05) is 11.1 Å². The molecule has 0 fully saturated rings. The van der Waals surface area contributed by atoms with E-state index in [1.165, 1.54) is 18.2 Å². The van der Waals surface area contributed by atoms with Gasteiger partial charge >= 0.3 is 0 Å². The highest BCUT2D eigenvalue weighted by molar-refractivity contribution is 7.85. The van der Waals surface area contributed by atoms with Crippen molar-refractivity contribution in [1.82, 2.24) is 0 Å². The van der Waals surface area contributed by atoms with Crippen molar-refractivity contribution in [2.75, 3.05) is 0 Å². The molecule has 5 nitrogen and oxygen atoms in total. The number of rotatable bonds is 3. The third-order valence-corrected chi connectivity index (χ3v) is 4.72. The summed E-state index contributed by atoms with van der Waals surface area (Å²) in [5.41, 5.74) is 0.980. The van der Waals surface area contributed by atoms with E-state index in [4.69, 9.17) is 0 Å². The number of ketones is 2. The van der Waals surface area contributed by atoms with E-state index >= 15 is 0 Å². The quantitative estimate of drug-likeness (QED) is 0.692. The van der Waals surface area contributed by atoms with E-state index in [0.717, 1.165) is 0 Å². The van der Waals surface area contributed by atoms with Crippen molar-refractivity contribution in [2.45, 2.75) is 11.3 Å². The summed E-state index contributed by atoms with van der Waals surface area (Å²) in [7, 11) is -4.40. The minimum absolute atomic E-state index is 0.0533. The molecular formula is C16H12O5S. The van der Waals surface area contributed by atoms with Gasteiger partial charge in [-0.15, -0.1) is 0 Å². The SMILES string of the molecule is O=C1c2ccccc2C(=O)C1Cc1ccccc1S(=O)(=O)O. The first-order valence-electron chi connectivity index (χ1n) is 6.62. The average Bonchev–Trinajstić information content (AvgIpc) is 2.72. The van der Waals surface area contributed by atoms with Gasteiger partial charge < -0.3 is 0 Å². The van der Waals surface area contributed by atoms with Crippen LogP contribution in [0.25, 0.3) is 0 Å². The highest BCUT2D eigenvalue weighted by atomic mass is 32.2. The summed E-state index contributed by atoms with van der Waals surface area (Å²) < 4.78 is 32.0. The van der Waals surface area contributed by atoms with Crippen LogP contribution in [-0.2, 0) is 16.5 Å². The Kier molecular flexibility index (Phi) is 3.42. The molecule has 6 heteroatoms. The van der Waals surface area contributed by atoms with E-state index in [-0.39, 0.29) is 28.4 Å². The lowest BCUT2D eigenvalue weighted by molar-refractivity contribution is 0.0837. The maximum atomic E-state index is 12.3. The number of fused-ring (bicyclic) bond motifs is 1. The molecule has 0 spiro atoms. The lowest BCUT2D eigenvalue weighted by atomic mass is 9.95. The van der Waals surface area contributed by atoms with Gasteiger partial charge in [0.25, 0.3) is 10.1 Å². The predicted molar refractivity (Wildman–Crippen MR) is 78.6 cm³/mol. The molecule has 1 aliphatic rings. The largest absolute Gasteiger partial charge is 0.294 e. The second kappa shape index (κ2) is 5.15. The van der Waals surface area contributed by atoms with Gasteiger partial charge in [0.15, 0.2) is 11.6 Å². The molecule has 1 N–H and O–H groups in total. The van der Waals surface area contributed by atoms with Crippen LogP contribution in [0.2, 0.25) is 0 Å². The highest BCUT2D eigenvalue weighted by Crippen LogP contribution is 2.30. The molecule has 0 bridgehead atoms. The number of Topliss-reactive ketones (excluding diaryl/α,β-unsaturated/α-hetero) is 2. The zero-order valence-electron chi connectivity index (χ0n) is 11.4. The van der Waals surface area contributed by atoms with E-state index in [0.29, 0.717) is 11.1 Å². The third-order valence-electron chi connectivity index (χ3n) is 3.77. The molecule has 2 aromatic rings. The van der Waals surface area contributed by atoms with Crippen LogP contribution < -0.4 is 0 Å². The Morgan fingerprint density at radius 3 is 1.91 bits per heavy atom. The number of carbonyl (C=O) groups excluding carboxylic acids is 2. The second-order valence-electron chi connectivity index (χ2n) is 5.11. The first-order valence-corrected chi connectivity index (χ1v) is 8.06. The smallest absolute Gasteiger partial charge is 0.293 e. The van der Waals surface area contributed by atoms with Crippen molar-refractivity contribution in [2.24, 2.45) is 5.92 Å². The van der Waals surface area contributed by atoms with Crippen LogP contribution in [0, 0.1) is 5.92 Å². The summed E-state index contributed by atoms with van der Waals surface area (Å²) >= 11 is 0. The van der Waals surface area contributed by atoms with Gasteiger partial charge in [-0.1, -0.05) is 42.5 Å². The molecule has 0 aliphatic heterocycles. The zero-order valence-corrected chi connectivity index (χ0v) is 12.2. The molecule has 0 radical (unpaired) electrons. The van der Waals surface area contributed by atoms with E-state index < -0.39 is 16.0 Å². The highest BCUT2D eigenvalue weighted by Gasteiger charge is 2.38. The van der Waals surface area contributed by atoms with Gasteiger partial charge in [0.05, 0.1) is 10.8 Å². The van der Waals surface area contributed by atoms with Gasteiger partial charge in [-0.05, 0) is 18.1 Å². The summed E-state index contributed by atoms with van der Waals surface area (Å²) in [6.07, 6.45) is -0.0533. The van der Waals surface area contributed by atoms with Gasteiger partial charge in [0.2, 0.25) is 0 Å². The molecule has 0 saturated heterocycles. The fourth-order valence-electron chi connectivity index (χ4n) is 2.74. The van der Waals surface area contributed by atoms with Crippen LogP contribution in [-0.4, -0.2) is 24.5 Å². The summed E-state index contributed by atoms with van der Waals surface area (Å²) in [6, 6.07) is 12.3. The molecule has 0 heterocycles. The maximum absolute atomic E-state index is 12.3. The van der Waals surface area contributed by atoms with Crippen molar-refractivity contribution in [3.63, 3.8) is 0 Å². The van der Waals surface area contributed by atoms with Crippen molar-refractivity contribution < 1.29 is 22.6 Å². The van der Waals surface area contributed by atoms with E-state index in [1.54, 1.807) is 30.3 Å². The van der Waals surface area contributed by atoms with Crippen molar-refractivity contribution in [3.8, 4) is 0 Å². The van der Waals surface area contributed by atoms with Crippen LogP contribution in [0.15, 0.2) is 53.4 Å². The van der Waals surface area contributed by atoms with E-state index in [2.05, 4.69) is 0 Å². The monoisotopic (exact) mass is 316 g/mol. The Labute approximate surface area is 127 Å². The van der Waals surface area contributed by atoms with Crippen LogP contribution in [0.1, 0.15) is 26.3 Å². The molecule has 22 heavy (non-hydrogen) atoms. The molecule has 0 unspecified atom stereocenters. The zero-order chi connectivity index (χ0) is 15.9. The van der Waals surface area contributed by atoms with Crippen molar-refractivity contribution in [3.05, 3.63) is 65.2 Å². The number of hydrogen-bond donors (Lipinski definition) is 1. The van der Waals surface area contributed by atoms with Crippen molar-refractivity contribution in [1.29, 1.82) is 0 Å². The van der Waals surface area contributed by atoms with Gasteiger partial charge in [0.1, 0.15) is 0 Å². The Balaban J connectivity index is 2.00. The lowest BCUT2D eigenvalue weighted by Crippen LogP contribution is -2.19. The normalized spacial score (nSPS) is 15.1. The molecule has 0 saturated carbocycles. The van der Waals surface area contributed by atoms with Crippen LogP contribution >= 0.6 is 0 Å². The Morgan fingerprint density at radius 2 is 1.36 bits per heavy atom. The number of hydrogen-bond acceptors (Lipinski definition) is 4. The summed E-state index contributed by atoms with van der Waals surface area (Å²) in [4.78, 5) is 24.4. The average molecular weight is 316 g/mol. The molecule has 112 valence electrons. The van der Waals surface area contributed by atoms with Crippen LogP contribution in [0.3, 0.4) is 0 Å². The minimum atomic E-state index is -4.40. The van der Waals surface area contributed by atoms with Crippen LogP contribution in [0.5, 0.6) is 0 Å². The number of benzene rings is 2. The third kappa shape index (κ3) is 2.36. The number of carbonyl (C=O) groups is 2. The van der Waals surface area contributed by atoms with Crippen LogP contribution in [0.4, 0.5) is 0 Å². The van der Waals surface area contributed by atoms with Gasteiger partial charge in [-0.3, -0.25) is 14.1 Å². The standard InChI is InChI=1S/C16H12O5S/c17-15-11-6-2-3-7-12(11)16(18)13(15)9-10-5-1-4-8-14(10)22(19,20)21/h1-8,13H,9H2,(H,19,20,21). The fourth-order valence-corrected chi connectivity index (χ4v) is 3.47. The fraction of sp³-hybridized carbons (Fsp3) is 0.125. The molecule has 1 aliphatic carbocycles. The molecule has 0 aromatic heterocycles. The van der Waals surface area contributed by atoms with Gasteiger partial charge in [-0.2, -0.15) is 8.42 Å². The first kappa shape index (κ1) is 14.6. The van der Waals surface area contributed by atoms with Gasteiger partial charge in [-0.25, -0.2) is 0 Å². The Hall–Kier alpha value is -2.31. The lowest BCUT2D eigenvalue weighted by Gasteiger charge is -2.10.